The molecule has 1 aliphatic heterocycles. The molecule has 9 heteroatoms. The quantitative estimate of drug-likeness (QED) is 0.731. The van der Waals surface area contributed by atoms with Crippen molar-refractivity contribution in [2.75, 3.05) is 18.0 Å². The molecule has 1 saturated heterocycles. The summed E-state index contributed by atoms with van der Waals surface area (Å²) in [6.07, 6.45) is 2.20. The largest absolute Gasteiger partial charge is 0.772 e. The van der Waals surface area contributed by atoms with Crippen molar-refractivity contribution in [1.82, 2.24) is 15.2 Å². The van der Waals surface area contributed by atoms with Gasteiger partial charge in [-0.3, -0.25) is 4.21 Å². The molecule has 6 nitrogen and oxygen atoms in total. The van der Waals surface area contributed by atoms with E-state index in [1.54, 1.807) is 18.2 Å². The lowest BCUT2D eigenvalue weighted by Crippen LogP contribution is -2.35. The summed E-state index contributed by atoms with van der Waals surface area (Å²) < 4.78 is 22.0. The van der Waals surface area contributed by atoms with Crippen LogP contribution in [0.5, 0.6) is 0 Å². The monoisotopic (exact) mass is 399 g/mol. The van der Waals surface area contributed by atoms with Gasteiger partial charge in [0.25, 0.3) is 0 Å². The second kappa shape index (κ2) is 7.95. The smallest absolute Gasteiger partial charge is 0.164 e. The lowest BCUT2D eigenvalue weighted by molar-refractivity contribution is 0.444. The van der Waals surface area contributed by atoms with Crippen molar-refractivity contribution in [3.8, 4) is 11.3 Å². The predicted octanol–water partition coefficient (Wildman–Crippen LogP) is 3.46. The van der Waals surface area contributed by atoms with Crippen LogP contribution < -0.4 is 4.90 Å². The lowest BCUT2D eigenvalue weighted by atomic mass is 10.00. The van der Waals surface area contributed by atoms with Gasteiger partial charge in [-0.15, -0.1) is 10.2 Å². The van der Waals surface area contributed by atoms with Gasteiger partial charge in [0.2, 0.25) is 0 Å². The molecule has 1 aromatic carbocycles. The fourth-order valence-electron chi connectivity index (χ4n) is 3.00. The summed E-state index contributed by atoms with van der Waals surface area (Å²) in [5, 5.41) is 9.19. The number of hydrogen-bond donors (Lipinski definition) is 0. The molecular weight excluding hydrogens is 383 g/mol. The Kier molecular flexibility index (Phi) is 5.89. The summed E-state index contributed by atoms with van der Waals surface area (Å²) in [7, 11) is 0. The highest BCUT2D eigenvalue weighted by Crippen LogP contribution is 2.33. The normalized spacial score (nSPS) is 19.0. The predicted molar refractivity (Wildman–Crippen MR) is 98.5 cm³/mol. The Balaban J connectivity index is 2.08. The van der Waals surface area contributed by atoms with Crippen LogP contribution in [0.3, 0.4) is 0 Å². The van der Waals surface area contributed by atoms with E-state index in [1.165, 1.54) is 0 Å². The molecule has 2 atom stereocenters. The zero-order chi connectivity index (χ0) is 18.0. The fourth-order valence-corrected chi connectivity index (χ4v) is 3.86. The highest BCUT2D eigenvalue weighted by Gasteiger charge is 2.23. The molecule has 2 heterocycles. The SMILES string of the molecule is CC1CCCN(c2nc(CS(=O)[O-])nnc2-c2cc(Cl)cc(Cl)c2)C1. The average Bonchev–Trinajstić information content (AvgIpc) is 2.53. The molecule has 0 bridgehead atoms. The molecule has 3 rings (SSSR count). The first-order chi connectivity index (χ1) is 11.9. The third-order valence-corrected chi connectivity index (χ3v) is 4.98. The molecule has 2 aromatic rings. The van der Waals surface area contributed by atoms with Crippen LogP contribution in [-0.2, 0) is 16.8 Å². The first kappa shape index (κ1) is 18.5. The second-order valence-corrected chi connectivity index (χ2v) is 7.97. The minimum atomic E-state index is -2.27. The van der Waals surface area contributed by atoms with Gasteiger partial charge in [0.05, 0.1) is 5.75 Å². The number of anilines is 1. The molecule has 0 aliphatic carbocycles. The molecule has 0 radical (unpaired) electrons. The molecule has 1 fully saturated rings. The van der Waals surface area contributed by atoms with E-state index in [1.807, 2.05) is 0 Å². The molecule has 1 aliphatic rings. The minimum absolute atomic E-state index is 0.179. The van der Waals surface area contributed by atoms with Crippen LogP contribution in [0.2, 0.25) is 10.0 Å². The number of nitrogens with zero attached hydrogens (tertiary/aromatic N) is 4. The van der Waals surface area contributed by atoms with E-state index in [-0.39, 0.29) is 11.6 Å². The van der Waals surface area contributed by atoms with Crippen molar-refractivity contribution in [2.24, 2.45) is 5.92 Å². The molecule has 2 unspecified atom stereocenters. The fraction of sp³-hybridized carbons (Fsp3) is 0.438. The first-order valence-electron chi connectivity index (χ1n) is 7.93. The highest BCUT2D eigenvalue weighted by molar-refractivity contribution is 7.78. The van der Waals surface area contributed by atoms with Crippen LogP contribution in [-0.4, -0.2) is 37.0 Å². The number of benzene rings is 1. The molecule has 25 heavy (non-hydrogen) atoms. The zero-order valence-corrected chi connectivity index (χ0v) is 15.9. The summed E-state index contributed by atoms with van der Waals surface area (Å²) in [6, 6.07) is 5.15. The van der Waals surface area contributed by atoms with Crippen molar-refractivity contribution in [1.29, 1.82) is 0 Å². The first-order valence-corrected chi connectivity index (χ1v) is 9.93. The Morgan fingerprint density at radius 2 is 2.00 bits per heavy atom. The van der Waals surface area contributed by atoms with E-state index >= 15 is 0 Å². The zero-order valence-electron chi connectivity index (χ0n) is 13.6. The van der Waals surface area contributed by atoms with Gasteiger partial charge in [0.15, 0.2) is 11.6 Å². The van der Waals surface area contributed by atoms with E-state index in [0.717, 1.165) is 25.9 Å². The molecular formula is C16H17Cl2N4O2S-. The minimum Gasteiger partial charge on any atom is -0.772 e. The molecule has 0 N–H and O–H groups in total. The summed E-state index contributed by atoms with van der Waals surface area (Å²) in [4.78, 5) is 6.61. The summed E-state index contributed by atoms with van der Waals surface area (Å²) in [5.41, 5.74) is 1.26. The Morgan fingerprint density at radius 1 is 1.28 bits per heavy atom. The van der Waals surface area contributed by atoms with Crippen molar-refractivity contribution < 1.29 is 8.76 Å². The van der Waals surface area contributed by atoms with Crippen LogP contribution in [0.1, 0.15) is 25.6 Å². The Labute approximate surface area is 158 Å². The Morgan fingerprint density at radius 3 is 2.64 bits per heavy atom. The maximum atomic E-state index is 11.0. The van der Waals surface area contributed by atoms with Gasteiger partial charge < -0.3 is 9.45 Å². The lowest BCUT2D eigenvalue weighted by Gasteiger charge is -2.32. The second-order valence-electron chi connectivity index (χ2n) is 6.20. The van der Waals surface area contributed by atoms with E-state index in [4.69, 9.17) is 23.2 Å². The average molecular weight is 400 g/mol. The van der Waals surface area contributed by atoms with Crippen molar-refractivity contribution in [3.63, 3.8) is 0 Å². The van der Waals surface area contributed by atoms with Gasteiger partial charge in [0.1, 0.15) is 5.69 Å². The van der Waals surface area contributed by atoms with Crippen LogP contribution >= 0.6 is 23.2 Å². The van der Waals surface area contributed by atoms with Gasteiger partial charge in [-0.1, -0.05) is 30.1 Å². The van der Waals surface area contributed by atoms with Crippen molar-refractivity contribution in [2.45, 2.75) is 25.5 Å². The van der Waals surface area contributed by atoms with Gasteiger partial charge in [-0.25, -0.2) is 4.98 Å². The number of rotatable bonds is 4. The van der Waals surface area contributed by atoms with Gasteiger partial charge in [0, 0.05) is 28.7 Å². The summed E-state index contributed by atoms with van der Waals surface area (Å²) in [6.45, 7) is 3.86. The number of halogens is 2. The van der Waals surface area contributed by atoms with E-state index in [2.05, 4.69) is 27.0 Å². The highest BCUT2D eigenvalue weighted by atomic mass is 35.5. The van der Waals surface area contributed by atoms with Gasteiger partial charge >= 0.3 is 0 Å². The number of hydrogen-bond acceptors (Lipinski definition) is 6. The standard InChI is InChI=1S/C16H18Cl2N4O2S/c1-10-3-2-4-22(8-10)16-15(11-5-12(17)7-13(18)6-11)21-20-14(19-16)9-25(23)24/h5-7,10H,2-4,8-9H2,1H3,(H,23,24)/p-1. The molecule has 134 valence electrons. The number of piperidine rings is 1. The maximum absolute atomic E-state index is 11.0. The van der Waals surface area contributed by atoms with Crippen LogP contribution in [0.4, 0.5) is 5.82 Å². The van der Waals surface area contributed by atoms with E-state index in [9.17, 15) is 8.76 Å². The van der Waals surface area contributed by atoms with Crippen molar-refractivity contribution in [3.05, 3.63) is 34.1 Å². The maximum Gasteiger partial charge on any atom is 0.164 e. The van der Waals surface area contributed by atoms with Crippen LogP contribution in [0.15, 0.2) is 18.2 Å². The van der Waals surface area contributed by atoms with Crippen LogP contribution in [0, 0.1) is 5.92 Å². The number of aromatic nitrogens is 3. The summed E-state index contributed by atoms with van der Waals surface area (Å²) >= 11 is 9.96. The third-order valence-electron chi connectivity index (χ3n) is 4.05. The Hall–Kier alpha value is -1.28. The van der Waals surface area contributed by atoms with E-state index in [0.29, 0.717) is 33.0 Å². The Bertz CT molecular complexity index is 785. The van der Waals surface area contributed by atoms with Crippen LogP contribution in [0.25, 0.3) is 11.3 Å². The summed E-state index contributed by atoms with van der Waals surface area (Å²) in [5.74, 6) is 1.07. The van der Waals surface area contributed by atoms with E-state index < -0.39 is 11.1 Å². The molecule has 0 amide bonds. The van der Waals surface area contributed by atoms with Gasteiger partial charge in [-0.05, 0) is 48.0 Å². The third kappa shape index (κ3) is 4.67. The van der Waals surface area contributed by atoms with Crippen molar-refractivity contribution >= 4 is 40.1 Å². The topological polar surface area (TPSA) is 82.0 Å². The molecule has 1 aromatic heterocycles. The van der Waals surface area contributed by atoms with Gasteiger partial charge in [-0.2, -0.15) is 0 Å². The molecule has 0 saturated carbocycles. The molecule has 0 spiro atoms.